The second-order valence-electron chi connectivity index (χ2n) is 4.61. The molecule has 0 spiro atoms. The van der Waals surface area contributed by atoms with E-state index < -0.39 is 11.8 Å². The molecule has 5 nitrogen and oxygen atoms in total. The summed E-state index contributed by atoms with van der Waals surface area (Å²) in [7, 11) is 1.55. The minimum Gasteiger partial charge on any atom is -0.383 e. The van der Waals surface area contributed by atoms with E-state index >= 15 is 0 Å². The molecule has 0 saturated carbocycles. The smallest absolute Gasteiger partial charge is 0.316 e. The van der Waals surface area contributed by atoms with Crippen molar-refractivity contribution in [1.82, 2.24) is 5.32 Å². The zero-order valence-electron chi connectivity index (χ0n) is 11.2. The molecule has 1 aromatic rings. The van der Waals surface area contributed by atoms with Crippen LogP contribution in [0, 0.1) is 0 Å². The van der Waals surface area contributed by atoms with Crippen molar-refractivity contribution in [2.45, 2.75) is 19.4 Å². The number of para-hydroxylation sites is 1. The lowest BCUT2D eigenvalue weighted by Gasteiger charge is -2.21. The maximum absolute atomic E-state index is 12.2. The Kier molecular flexibility index (Phi) is 4.16. The van der Waals surface area contributed by atoms with Crippen LogP contribution in [-0.4, -0.2) is 38.1 Å². The highest BCUT2D eigenvalue weighted by Crippen LogP contribution is 2.31. The van der Waals surface area contributed by atoms with E-state index in [0.717, 1.165) is 17.7 Å². The summed E-state index contributed by atoms with van der Waals surface area (Å²) >= 11 is 0. The van der Waals surface area contributed by atoms with Crippen molar-refractivity contribution in [2.24, 2.45) is 0 Å². The summed E-state index contributed by atoms with van der Waals surface area (Å²) in [5, 5.41) is 2.56. The van der Waals surface area contributed by atoms with Gasteiger partial charge >= 0.3 is 11.8 Å². The van der Waals surface area contributed by atoms with Crippen LogP contribution in [0.1, 0.15) is 12.5 Å². The maximum Gasteiger partial charge on any atom is 0.316 e. The number of nitrogens with one attached hydrogen (secondary N) is 1. The number of benzene rings is 1. The largest absolute Gasteiger partial charge is 0.383 e. The molecule has 1 atom stereocenters. The summed E-state index contributed by atoms with van der Waals surface area (Å²) < 4.78 is 4.84. The summed E-state index contributed by atoms with van der Waals surface area (Å²) in [6.45, 7) is 2.68. The molecule has 2 rings (SSSR count). The first-order valence-electron chi connectivity index (χ1n) is 6.33. The fourth-order valence-corrected chi connectivity index (χ4v) is 2.33. The summed E-state index contributed by atoms with van der Waals surface area (Å²) in [5.41, 5.74) is 1.94. The summed E-state index contributed by atoms with van der Waals surface area (Å²) in [5.74, 6) is -1.09. The summed E-state index contributed by atoms with van der Waals surface area (Å²) in [6.07, 6.45) is 0.785. The van der Waals surface area contributed by atoms with Gasteiger partial charge in [-0.15, -0.1) is 0 Å². The van der Waals surface area contributed by atoms with Gasteiger partial charge in [0.25, 0.3) is 0 Å². The van der Waals surface area contributed by atoms with Crippen LogP contribution >= 0.6 is 0 Å². The topological polar surface area (TPSA) is 58.6 Å². The summed E-state index contributed by atoms with van der Waals surface area (Å²) in [6, 6.07) is 7.69. The molecule has 1 aromatic carbocycles. The third-order valence-electron chi connectivity index (χ3n) is 3.21. The van der Waals surface area contributed by atoms with Crippen LogP contribution in [0.5, 0.6) is 0 Å². The number of amides is 2. The Hall–Kier alpha value is -1.88. The molecule has 0 aliphatic carbocycles. The lowest BCUT2D eigenvalue weighted by atomic mass is 10.1. The van der Waals surface area contributed by atoms with Crippen LogP contribution in [-0.2, 0) is 20.7 Å². The predicted molar refractivity (Wildman–Crippen MR) is 72.0 cm³/mol. The Labute approximate surface area is 112 Å². The first-order chi connectivity index (χ1) is 9.15. The van der Waals surface area contributed by atoms with E-state index in [0.29, 0.717) is 13.2 Å². The SMILES string of the molecule is COCCNC(=O)C(=O)N1c2ccccc2CC1C. The average Bonchev–Trinajstić information content (AvgIpc) is 2.74. The van der Waals surface area contributed by atoms with Gasteiger partial charge in [0, 0.05) is 25.4 Å². The molecule has 1 unspecified atom stereocenters. The predicted octanol–water partition coefficient (Wildman–Crippen LogP) is 0.727. The van der Waals surface area contributed by atoms with Gasteiger partial charge in [0.05, 0.1) is 6.61 Å². The summed E-state index contributed by atoms with van der Waals surface area (Å²) in [4.78, 5) is 25.6. The van der Waals surface area contributed by atoms with E-state index in [-0.39, 0.29) is 6.04 Å². The molecule has 0 bridgehead atoms. The molecular weight excluding hydrogens is 244 g/mol. The third-order valence-corrected chi connectivity index (χ3v) is 3.21. The van der Waals surface area contributed by atoms with Crippen LogP contribution in [0.3, 0.4) is 0 Å². The minimum absolute atomic E-state index is 0.0121. The average molecular weight is 262 g/mol. The quantitative estimate of drug-likeness (QED) is 0.645. The number of carbonyl (C=O) groups is 2. The second kappa shape index (κ2) is 5.84. The Morgan fingerprint density at radius 2 is 2.16 bits per heavy atom. The second-order valence-corrected chi connectivity index (χ2v) is 4.61. The number of carbonyl (C=O) groups excluding carboxylic acids is 2. The molecule has 0 saturated heterocycles. The van der Waals surface area contributed by atoms with Gasteiger partial charge in [-0.25, -0.2) is 0 Å². The van der Waals surface area contributed by atoms with Crippen LogP contribution in [0.4, 0.5) is 5.69 Å². The molecule has 1 heterocycles. The Morgan fingerprint density at radius 1 is 1.42 bits per heavy atom. The fourth-order valence-electron chi connectivity index (χ4n) is 2.33. The van der Waals surface area contributed by atoms with E-state index in [1.807, 2.05) is 31.2 Å². The van der Waals surface area contributed by atoms with E-state index in [1.54, 1.807) is 12.0 Å². The van der Waals surface area contributed by atoms with Crippen molar-refractivity contribution >= 4 is 17.5 Å². The maximum atomic E-state index is 12.2. The van der Waals surface area contributed by atoms with E-state index in [1.165, 1.54) is 0 Å². The Bertz CT molecular complexity index is 487. The van der Waals surface area contributed by atoms with Crippen molar-refractivity contribution in [3.8, 4) is 0 Å². The van der Waals surface area contributed by atoms with Crippen molar-refractivity contribution in [3.05, 3.63) is 29.8 Å². The van der Waals surface area contributed by atoms with Crippen LogP contribution in [0.25, 0.3) is 0 Å². The first-order valence-corrected chi connectivity index (χ1v) is 6.33. The number of nitrogens with zero attached hydrogens (tertiary/aromatic N) is 1. The third kappa shape index (κ3) is 2.76. The van der Waals surface area contributed by atoms with Crippen molar-refractivity contribution in [2.75, 3.05) is 25.2 Å². The number of hydrogen-bond donors (Lipinski definition) is 1. The molecule has 5 heteroatoms. The Balaban J connectivity index is 2.09. The monoisotopic (exact) mass is 262 g/mol. The normalized spacial score (nSPS) is 17.2. The number of fused-ring (bicyclic) bond motifs is 1. The zero-order valence-corrected chi connectivity index (χ0v) is 11.2. The van der Waals surface area contributed by atoms with Crippen LogP contribution < -0.4 is 10.2 Å². The van der Waals surface area contributed by atoms with Gasteiger partial charge in [0.1, 0.15) is 0 Å². The number of anilines is 1. The van der Waals surface area contributed by atoms with Gasteiger partial charge in [-0.3, -0.25) is 9.59 Å². The highest BCUT2D eigenvalue weighted by molar-refractivity contribution is 6.40. The van der Waals surface area contributed by atoms with E-state index in [4.69, 9.17) is 4.74 Å². The Morgan fingerprint density at radius 3 is 2.89 bits per heavy atom. The van der Waals surface area contributed by atoms with Gasteiger partial charge < -0.3 is 15.0 Å². The van der Waals surface area contributed by atoms with Gasteiger partial charge in [0.15, 0.2) is 0 Å². The van der Waals surface area contributed by atoms with E-state index in [9.17, 15) is 9.59 Å². The molecule has 1 N–H and O–H groups in total. The number of hydrogen-bond acceptors (Lipinski definition) is 3. The van der Waals surface area contributed by atoms with Crippen molar-refractivity contribution in [1.29, 1.82) is 0 Å². The molecule has 0 radical (unpaired) electrons. The number of rotatable bonds is 3. The standard InChI is InChI=1S/C14H18N2O3/c1-10-9-11-5-3-4-6-12(11)16(10)14(18)13(17)15-7-8-19-2/h3-6,10H,7-9H2,1-2H3,(H,15,17). The molecular formula is C14H18N2O3. The van der Waals surface area contributed by atoms with Gasteiger partial charge in [-0.2, -0.15) is 0 Å². The first kappa shape index (κ1) is 13.5. The van der Waals surface area contributed by atoms with E-state index in [2.05, 4.69) is 5.32 Å². The molecule has 102 valence electrons. The van der Waals surface area contributed by atoms with Crippen LogP contribution in [0.15, 0.2) is 24.3 Å². The van der Waals surface area contributed by atoms with Crippen molar-refractivity contribution in [3.63, 3.8) is 0 Å². The minimum atomic E-state index is -0.583. The highest BCUT2D eigenvalue weighted by atomic mass is 16.5. The fraction of sp³-hybridized carbons (Fsp3) is 0.429. The molecule has 19 heavy (non-hydrogen) atoms. The molecule has 1 aliphatic rings. The molecule has 1 aliphatic heterocycles. The van der Waals surface area contributed by atoms with Crippen molar-refractivity contribution < 1.29 is 14.3 Å². The number of methoxy groups -OCH3 is 1. The number of ether oxygens (including phenoxy) is 1. The van der Waals surface area contributed by atoms with Crippen LogP contribution in [0.2, 0.25) is 0 Å². The lowest BCUT2D eigenvalue weighted by molar-refractivity contribution is -0.137. The zero-order chi connectivity index (χ0) is 13.8. The lowest BCUT2D eigenvalue weighted by Crippen LogP contribution is -2.46. The van der Waals surface area contributed by atoms with Gasteiger partial charge in [0.2, 0.25) is 0 Å². The van der Waals surface area contributed by atoms with Gasteiger partial charge in [-0.1, -0.05) is 18.2 Å². The molecule has 0 fully saturated rings. The molecule has 2 amide bonds. The van der Waals surface area contributed by atoms with Gasteiger partial charge in [-0.05, 0) is 25.0 Å². The molecule has 0 aromatic heterocycles. The highest BCUT2D eigenvalue weighted by Gasteiger charge is 2.33.